The number of nitrogens with two attached hydrogens (primary N) is 1. The molecule has 0 spiro atoms. The summed E-state index contributed by atoms with van der Waals surface area (Å²) < 4.78 is 0. The number of aliphatic carboxylic acids is 1. The Morgan fingerprint density at radius 2 is 1.64 bits per heavy atom. The van der Waals surface area contributed by atoms with Crippen LogP contribution in [0, 0.1) is 5.92 Å². The van der Waals surface area contributed by atoms with E-state index >= 15 is 0 Å². The Bertz CT molecular complexity index is 611. The zero-order valence-corrected chi connectivity index (χ0v) is 16.2. The summed E-state index contributed by atoms with van der Waals surface area (Å²) >= 11 is 0. The van der Waals surface area contributed by atoms with Crippen molar-refractivity contribution in [2.24, 2.45) is 11.7 Å². The number of nitrogens with zero attached hydrogens (tertiary/aromatic N) is 1. The molecule has 1 fully saturated rings. The molecule has 1 aliphatic heterocycles. The number of nitrogens with one attached hydrogen (secondary N) is 3. The molecule has 0 saturated carbocycles. The van der Waals surface area contributed by atoms with Crippen LogP contribution in [-0.2, 0) is 24.0 Å². The van der Waals surface area contributed by atoms with Gasteiger partial charge in [-0.2, -0.15) is 0 Å². The lowest BCUT2D eigenvalue weighted by atomic mass is 9.98. The molecule has 0 aliphatic carbocycles. The molecule has 0 aromatic heterocycles. The first-order chi connectivity index (χ1) is 13.2. The van der Waals surface area contributed by atoms with Gasteiger partial charge in [0.05, 0.1) is 19.1 Å². The lowest BCUT2D eigenvalue weighted by Crippen LogP contribution is -2.53. The monoisotopic (exact) mass is 399 g/mol. The standard InChI is InChI=1S/C17H29N5O6/c1-3-10(2)15(18)17(28)22-6-4-5-11(22)16(27)21-8-13(24)19-7-12(23)20-9-14(25)26/h10-11,15H,3-9,18H2,1-2H3,(H,19,24)(H,20,23)(H,21,27)(H,25,26)/t10-,11-,15-/m0/s1. The molecular formula is C17H29N5O6. The number of likely N-dealkylation sites (tertiary alicyclic amines) is 1. The number of amides is 4. The van der Waals surface area contributed by atoms with Gasteiger partial charge in [-0.25, -0.2) is 0 Å². The van der Waals surface area contributed by atoms with Crippen molar-refractivity contribution in [3.63, 3.8) is 0 Å². The number of carbonyl (C=O) groups is 5. The fourth-order valence-electron chi connectivity index (χ4n) is 2.76. The van der Waals surface area contributed by atoms with E-state index in [4.69, 9.17) is 10.8 Å². The minimum atomic E-state index is -1.20. The van der Waals surface area contributed by atoms with Gasteiger partial charge in [0.2, 0.25) is 23.6 Å². The first kappa shape index (κ1) is 23.3. The molecule has 1 aliphatic rings. The van der Waals surface area contributed by atoms with Gasteiger partial charge < -0.3 is 31.7 Å². The fourth-order valence-corrected chi connectivity index (χ4v) is 2.76. The summed E-state index contributed by atoms with van der Waals surface area (Å²) in [6.45, 7) is 2.95. The Morgan fingerprint density at radius 3 is 2.21 bits per heavy atom. The quantitative estimate of drug-likeness (QED) is 0.277. The van der Waals surface area contributed by atoms with Crippen molar-refractivity contribution in [1.29, 1.82) is 0 Å². The molecule has 0 unspecified atom stereocenters. The van der Waals surface area contributed by atoms with Gasteiger partial charge in [-0.05, 0) is 18.8 Å². The highest BCUT2D eigenvalue weighted by Gasteiger charge is 2.37. The van der Waals surface area contributed by atoms with Crippen molar-refractivity contribution in [2.45, 2.75) is 45.2 Å². The van der Waals surface area contributed by atoms with Crippen LogP contribution in [0.2, 0.25) is 0 Å². The second-order valence-electron chi connectivity index (χ2n) is 6.77. The molecule has 3 atom stereocenters. The van der Waals surface area contributed by atoms with Crippen LogP contribution in [0.4, 0.5) is 0 Å². The summed E-state index contributed by atoms with van der Waals surface area (Å²) in [6.07, 6.45) is 1.91. The number of rotatable bonds is 10. The number of hydrogen-bond donors (Lipinski definition) is 5. The Balaban J connectivity index is 2.44. The van der Waals surface area contributed by atoms with Gasteiger partial charge in [-0.1, -0.05) is 20.3 Å². The average Bonchev–Trinajstić information content (AvgIpc) is 3.16. The predicted molar refractivity (Wildman–Crippen MR) is 98.8 cm³/mol. The highest BCUT2D eigenvalue weighted by atomic mass is 16.4. The topological polar surface area (TPSA) is 171 Å². The van der Waals surface area contributed by atoms with Crippen LogP contribution < -0.4 is 21.7 Å². The number of carboxylic acid groups (broad SMARTS) is 1. The van der Waals surface area contributed by atoms with Crippen LogP contribution in [0.5, 0.6) is 0 Å². The second-order valence-corrected chi connectivity index (χ2v) is 6.77. The molecule has 0 bridgehead atoms. The van der Waals surface area contributed by atoms with Crippen LogP contribution in [0.15, 0.2) is 0 Å². The first-order valence-corrected chi connectivity index (χ1v) is 9.26. The minimum absolute atomic E-state index is 0.00476. The Labute approximate surface area is 163 Å². The van der Waals surface area contributed by atoms with E-state index in [1.54, 1.807) is 0 Å². The van der Waals surface area contributed by atoms with E-state index in [-0.39, 0.29) is 18.4 Å². The first-order valence-electron chi connectivity index (χ1n) is 9.26. The molecule has 1 saturated heterocycles. The van der Waals surface area contributed by atoms with Gasteiger partial charge in [0, 0.05) is 6.54 Å². The molecule has 6 N–H and O–H groups in total. The molecule has 1 rings (SSSR count). The zero-order chi connectivity index (χ0) is 21.3. The molecule has 0 radical (unpaired) electrons. The van der Waals surface area contributed by atoms with Crippen molar-refractivity contribution >= 4 is 29.6 Å². The van der Waals surface area contributed by atoms with Crippen LogP contribution in [0.3, 0.4) is 0 Å². The zero-order valence-electron chi connectivity index (χ0n) is 16.2. The highest BCUT2D eigenvalue weighted by Crippen LogP contribution is 2.20. The van der Waals surface area contributed by atoms with Gasteiger partial charge >= 0.3 is 5.97 Å². The maximum Gasteiger partial charge on any atom is 0.322 e. The van der Waals surface area contributed by atoms with Crippen molar-refractivity contribution in [2.75, 3.05) is 26.2 Å². The van der Waals surface area contributed by atoms with E-state index in [9.17, 15) is 24.0 Å². The lowest BCUT2D eigenvalue weighted by molar-refractivity contribution is -0.140. The molecule has 28 heavy (non-hydrogen) atoms. The Hall–Kier alpha value is -2.69. The number of carboxylic acids is 1. The van der Waals surface area contributed by atoms with E-state index in [0.717, 1.165) is 6.42 Å². The van der Waals surface area contributed by atoms with Crippen LogP contribution >= 0.6 is 0 Å². The summed E-state index contributed by atoms with van der Waals surface area (Å²) in [5, 5.41) is 15.3. The van der Waals surface area contributed by atoms with Crippen LogP contribution in [0.25, 0.3) is 0 Å². The SMILES string of the molecule is CC[C@H](C)[C@H](N)C(=O)N1CCC[C@H]1C(=O)NCC(=O)NCC(=O)NCC(=O)O. The molecule has 0 aromatic rings. The average molecular weight is 399 g/mol. The molecule has 1 heterocycles. The van der Waals surface area contributed by atoms with E-state index < -0.39 is 48.9 Å². The Kier molecular flexibility index (Phi) is 9.36. The summed E-state index contributed by atoms with van der Waals surface area (Å²) in [7, 11) is 0. The second kappa shape index (κ2) is 11.2. The van der Waals surface area contributed by atoms with Crippen molar-refractivity contribution in [3.05, 3.63) is 0 Å². The molecule has 0 aromatic carbocycles. The Morgan fingerprint density at radius 1 is 1.07 bits per heavy atom. The summed E-state index contributed by atoms with van der Waals surface area (Å²) in [6, 6.07) is -1.35. The molecule has 11 nitrogen and oxygen atoms in total. The van der Waals surface area contributed by atoms with Crippen LogP contribution in [0.1, 0.15) is 33.1 Å². The van der Waals surface area contributed by atoms with E-state index in [1.165, 1.54) is 4.90 Å². The smallest absolute Gasteiger partial charge is 0.322 e. The van der Waals surface area contributed by atoms with E-state index in [1.807, 2.05) is 13.8 Å². The van der Waals surface area contributed by atoms with Crippen LogP contribution in [-0.4, -0.2) is 77.9 Å². The largest absolute Gasteiger partial charge is 0.480 e. The fraction of sp³-hybridized carbons (Fsp3) is 0.706. The minimum Gasteiger partial charge on any atom is -0.480 e. The number of carbonyl (C=O) groups excluding carboxylic acids is 4. The highest BCUT2D eigenvalue weighted by molar-refractivity contribution is 5.93. The van der Waals surface area contributed by atoms with E-state index in [0.29, 0.717) is 19.4 Å². The number of hydrogen-bond acceptors (Lipinski definition) is 6. The third-order valence-electron chi connectivity index (χ3n) is 4.69. The van der Waals surface area contributed by atoms with Crippen molar-refractivity contribution in [1.82, 2.24) is 20.9 Å². The maximum absolute atomic E-state index is 12.5. The summed E-state index contributed by atoms with van der Waals surface area (Å²) in [4.78, 5) is 59.8. The van der Waals surface area contributed by atoms with Gasteiger partial charge in [-0.3, -0.25) is 24.0 Å². The lowest BCUT2D eigenvalue weighted by Gasteiger charge is -2.28. The van der Waals surface area contributed by atoms with E-state index in [2.05, 4.69) is 16.0 Å². The third kappa shape index (κ3) is 7.14. The summed E-state index contributed by atoms with van der Waals surface area (Å²) in [5.41, 5.74) is 5.99. The predicted octanol–water partition coefficient (Wildman–Crippen LogP) is -2.22. The molecular weight excluding hydrogens is 370 g/mol. The van der Waals surface area contributed by atoms with Crippen molar-refractivity contribution < 1.29 is 29.1 Å². The molecule has 158 valence electrons. The normalized spacial score (nSPS) is 18.1. The van der Waals surface area contributed by atoms with Crippen molar-refractivity contribution in [3.8, 4) is 0 Å². The summed E-state index contributed by atoms with van der Waals surface area (Å²) in [5.74, 6) is -3.19. The molecule has 11 heteroatoms. The van der Waals surface area contributed by atoms with Gasteiger partial charge in [0.25, 0.3) is 0 Å². The molecule has 4 amide bonds. The van der Waals surface area contributed by atoms with Gasteiger partial charge in [0.1, 0.15) is 12.6 Å². The maximum atomic E-state index is 12.5. The third-order valence-corrected chi connectivity index (χ3v) is 4.69. The van der Waals surface area contributed by atoms with Gasteiger partial charge in [0.15, 0.2) is 0 Å². The van der Waals surface area contributed by atoms with Gasteiger partial charge in [-0.15, -0.1) is 0 Å².